The van der Waals surface area contributed by atoms with Gasteiger partial charge in [0, 0.05) is 5.56 Å². The van der Waals surface area contributed by atoms with Crippen LogP contribution in [0.1, 0.15) is 31.0 Å². The standard InChI is InChI=1S/C24H20F2N2O5S/c1-12(29)19-20-14-6-4-5-7-15(14)33-24(19,2)27-23-28(20)21(30)18(34-23)11-13-8-9-16(32-22(25)26)17(10-13)31-3/h4-11,19-20,22H,1-3H3/b18-11-/t19-,20-,24+/m0/s1. The molecule has 0 unspecified atom stereocenters. The normalized spacial score (nSPS) is 22.9. The highest BCUT2D eigenvalue weighted by atomic mass is 32.1. The molecule has 0 radical (unpaired) electrons. The van der Waals surface area contributed by atoms with Gasteiger partial charge in [-0.15, -0.1) is 0 Å². The molecule has 3 atom stereocenters. The minimum Gasteiger partial charge on any atom is -0.493 e. The van der Waals surface area contributed by atoms with Gasteiger partial charge in [0.25, 0.3) is 5.56 Å². The number of nitrogens with zero attached hydrogens (tertiary/aromatic N) is 2. The van der Waals surface area contributed by atoms with Crippen molar-refractivity contribution in [3.05, 3.63) is 73.3 Å². The van der Waals surface area contributed by atoms with Gasteiger partial charge in [-0.05, 0) is 43.7 Å². The molecule has 2 aromatic carbocycles. The summed E-state index contributed by atoms with van der Waals surface area (Å²) in [4.78, 5) is 31.4. The van der Waals surface area contributed by atoms with Crippen LogP contribution < -0.4 is 29.1 Å². The number of alkyl halides is 2. The van der Waals surface area contributed by atoms with Crippen LogP contribution >= 0.6 is 11.3 Å². The van der Waals surface area contributed by atoms with Crippen molar-refractivity contribution in [1.82, 2.24) is 4.57 Å². The summed E-state index contributed by atoms with van der Waals surface area (Å²) in [6.45, 7) is 0.248. The van der Waals surface area contributed by atoms with Gasteiger partial charge in [0.05, 0.1) is 17.7 Å². The Hall–Kier alpha value is -3.53. The molecule has 5 rings (SSSR count). The van der Waals surface area contributed by atoms with Gasteiger partial charge in [-0.3, -0.25) is 14.2 Å². The van der Waals surface area contributed by atoms with Crippen molar-refractivity contribution in [2.24, 2.45) is 10.9 Å². The number of Topliss-reactive ketones (excluding diaryl/α,β-unsaturated/α-hetero) is 1. The molecule has 0 N–H and O–H groups in total. The molecule has 0 aliphatic carbocycles. The van der Waals surface area contributed by atoms with Crippen LogP contribution in [0.5, 0.6) is 17.2 Å². The Balaban J connectivity index is 1.69. The highest BCUT2D eigenvalue weighted by Crippen LogP contribution is 2.47. The van der Waals surface area contributed by atoms with Crippen LogP contribution in [0.3, 0.4) is 0 Å². The van der Waals surface area contributed by atoms with E-state index in [0.29, 0.717) is 20.6 Å². The van der Waals surface area contributed by atoms with E-state index in [1.807, 2.05) is 18.2 Å². The summed E-state index contributed by atoms with van der Waals surface area (Å²) >= 11 is 1.17. The largest absolute Gasteiger partial charge is 0.493 e. The molecule has 1 aromatic heterocycles. The topological polar surface area (TPSA) is 79.1 Å². The summed E-state index contributed by atoms with van der Waals surface area (Å²) in [7, 11) is 1.34. The second-order valence-electron chi connectivity index (χ2n) is 8.20. The maximum Gasteiger partial charge on any atom is 0.387 e. The molecular weight excluding hydrogens is 466 g/mol. The average molecular weight is 486 g/mol. The number of ketones is 1. The molecule has 3 heterocycles. The number of ether oxygens (including phenoxy) is 3. The van der Waals surface area contributed by atoms with Gasteiger partial charge in [0.1, 0.15) is 17.5 Å². The molecule has 3 aromatic rings. The predicted molar refractivity (Wildman–Crippen MR) is 120 cm³/mol. The predicted octanol–water partition coefficient (Wildman–Crippen LogP) is 2.89. The molecule has 2 aliphatic rings. The lowest BCUT2D eigenvalue weighted by molar-refractivity contribution is -0.132. The van der Waals surface area contributed by atoms with Gasteiger partial charge < -0.3 is 14.2 Å². The first-order valence-corrected chi connectivity index (χ1v) is 11.3. The lowest BCUT2D eigenvalue weighted by atomic mass is 9.79. The fourth-order valence-electron chi connectivity index (χ4n) is 4.67. The molecule has 10 heteroatoms. The van der Waals surface area contributed by atoms with E-state index < -0.39 is 24.3 Å². The molecule has 7 nitrogen and oxygen atoms in total. The quantitative estimate of drug-likeness (QED) is 0.554. The number of thiazole rings is 1. The first-order chi connectivity index (χ1) is 16.2. The zero-order chi connectivity index (χ0) is 24.2. The summed E-state index contributed by atoms with van der Waals surface area (Å²) in [6.07, 6.45) is 1.63. The number of hydrogen-bond acceptors (Lipinski definition) is 7. The number of hydrogen-bond donors (Lipinski definition) is 0. The van der Waals surface area contributed by atoms with E-state index in [2.05, 4.69) is 4.74 Å². The summed E-state index contributed by atoms with van der Waals surface area (Å²) in [5.74, 6) is -0.195. The van der Waals surface area contributed by atoms with Crippen LogP contribution in [0.2, 0.25) is 0 Å². The molecule has 2 aliphatic heterocycles. The summed E-state index contributed by atoms with van der Waals surface area (Å²) in [5.41, 5.74) is -0.135. The number of carbonyl (C=O) groups excluding carboxylic acids is 1. The molecule has 34 heavy (non-hydrogen) atoms. The number of aromatic nitrogens is 1. The summed E-state index contributed by atoms with van der Waals surface area (Å²) < 4.78 is 43.0. The Morgan fingerprint density at radius 3 is 2.74 bits per heavy atom. The van der Waals surface area contributed by atoms with E-state index in [0.717, 1.165) is 5.56 Å². The first kappa shape index (κ1) is 22.3. The maximum absolute atomic E-state index is 13.5. The SMILES string of the molecule is COc1cc(/C=c2\sc3n(c2=O)[C@H]2c4ccccc4O[C@@](C)(N=3)[C@H]2C(C)=O)ccc1OC(F)F. The monoisotopic (exact) mass is 486 g/mol. The smallest absolute Gasteiger partial charge is 0.387 e. The Labute approximate surface area is 196 Å². The third-order valence-electron chi connectivity index (χ3n) is 6.02. The van der Waals surface area contributed by atoms with Crippen LogP contribution in [0.25, 0.3) is 6.08 Å². The highest BCUT2D eigenvalue weighted by Gasteiger charge is 2.53. The summed E-state index contributed by atoms with van der Waals surface area (Å²) in [5, 5.41) is 0. The number of fused-ring (bicyclic) bond motifs is 6. The number of benzene rings is 2. The number of halogens is 2. The lowest BCUT2D eigenvalue weighted by Crippen LogP contribution is -2.58. The molecular formula is C24H20F2N2O5S. The number of carbonyl (C=O) groups is 1. The lowest BCUT2D eigenvalue weighted by Gasteiger charge is -2.45. The van der Waals surface area contributed by atoms with E-state index in [4.69, 9.17) is 14.5 Å². The fourth-order valence-corrected chi connectivity index (χ4v) is 5.77. The third kappa shape index (κ3) is 3.49. The molecule has 0 saturated carbocycles. The Morgan fingerprint density at radius 1 is 1.26 bits per heavy atom. The van der Waals surface area contributed by atoms with Crippen molar-refractivity contribution in [2.75, 3.05) is 7.11 Å². The maximum atomic E-state index is 13.5. The number of para-hydroxylation sites is 1. The van der Waals surface area contributed by atoms with Crippen LogP contribution in [-0.2, 0) is 4.79 Å². The minimum atomic E-state index is -2.99. The van der Waals surface area contributed by atoms with Crippen molar-refractivity contribution in [2.45, 2.75) is 32.2 Å². The zero-order valence-electron chi connectivity index (χ0n) is 18.5. The Bertz CT molecular complexity index is 1480. The molecule has 0 saturated heterocycles. The van der Waals surface area contributed by atoms with Crippen molar-refractivity contribution in [3.8, 4) is 17.2 Å². The van der Waals surface area contributed by atoms with Crippen LogP contribution in [-0.4, -0.2) is 29.8 Å². The van der Waals surface area contributed by atoms with Gasteiger partial charge in [-0.1, -0.05) is 35.6 Å². The first-order valence-electron chi connectivity index (χ1n) is 10.5. The second-order valence-corrected chi connectivity index (χ2v) is 9.21. The third-order valence-corrected chi connectivity index (χ3v) is 7.00. The van der Waals surface area contributed by atoms with E-state index >= 15 is 0 Å². The molecule has 2 bridgehead atoms. The van der Waals surface area contributed by atoms with Crippen LogP contribution in [0.15, 0.2) is 52.3 Å². The van der Waals surface area contributed by atoms with E-state index in [9.17, 15) is 18.4 Å². The number of methoxy groups -OCH3 is 1. The van der Waals surface area contributed by atoms with Crippen molar-refractivity contribution in [1.29, 1.82) is 0 Å². The van der Waals surface area contributed by atoms with Crippen LogP contribution in [0, 0.1) is 5.92 Å². The fraction of sp³-hybridized carbons (Fsp3) is 0.292. The molecule has 0 amide bonds. The number of rotatable bonds is 5. The van der Waals surface area contributed by atoms with E-state index in [1.165, 1.54) is 37.5 Å². The van der Waals surface area contributed by atoms with E-state index in [-0.39, 0.29) is 22.8 Å². The summed E-state index contributed by atoms with van der Waals surface area (Å²) in [6, 6.07) is 11.2. The second kappa shape index (κ2) is 8.05. The van der Waals surface area contributed by atoms with Gasteiger partial charge in [0.2, 0.25) is 5.72 Å². The minimum absolute atomic E-state index is 0.105. The highest BCUT2D eigenvalue weighted by molar-refractivity contribution is 7.07. The Morgan fingerprint density at radius 2 is 2.03 bits per heavy atom. The van der Waals surface area contributed by atoms with Crippen molar-refractivity contribution in [3.63, 3.8) is 0 Å². The van der Waals surface area contributed by atoms with Crippen LogP contribution in [0.4, 0.5) is 8.78 Å². The van der Waals surface area contributed by atoms with Gasteiger partial charge in [-0.25, -0.2) is 4.99 Å². The van der Waals surface area contributed by atoms with Crippen molar-refractivity contribution < 1.29 is 27.8 Å². The van der Waals surface area contributed by atoms with Gasteiger partial charge >= 0.3 is 6.61 Å². The molecule has 176 valence electrons. The Kier molecular flexibility index (Phi) is 5.27. The average Bonchev–Trinajstić information content (AvgIpc) is 3.07. The molecule has 0 spiro atoms. The zero-order valence-corrected chi connectivity index (χ0v) is 19.3. The van der Waals surface area contributed by atoms with Gasteiger partial charge in [0.15, 0.2) is 16.3 Å². The molecule has 0 fully saturated rings. The van der Waals surface area contributed by atoms with Crippen molar-refractivity contribution >= 4 is 23.2 Å². The van der Waals surface area contributed by atoms with Gasteiger partial charge in [-0.2, -0.15) is 8.78 Å². The van der Waals surface area contributed by atoms with E-state index in [1.54, 1.807) is 29.7 Å².